The summed E-state index contributed by atoms with van der Waals surface area (Å²) < 4.78 is 5.42. The van der Waals surface area contributed by atoms with Crippen molar-refractivity contribution in [2.45, 2.75) is 38.1 Å². The molecule has 0 unspecified atom stereocenters. The lowest BCUT2D eigenvalue weighted by Gasteiger charge is -2.23. The molecule has 7 nitrogen and oxygen atoms in total. The van der Waals surface area contributed by atoms with E-state index in [9.17, 15) is 14.4 Å². The number of thioether (sulfide) groups is 1. The van der Waals surface area contributed by atoms with Crippen LogP contribution in [0, 0.1) is 0 Å². The van der Waals surface area contributed by atoms with Crippen LogP contribution in [-0.2, 0) is 16.8 Å². The van der Waals surface area contributed by atoms with Crippen molar-refractivity contribution in [1.82, 2.24) is 4.90 Å². The zero-order chi connectivity index (χ0) is 28.3. The van der Waals surface area contributed by atoms with E-state index in [2.05, 4.69) is 31.4 Å². The molecule has 204 valence electrons. The molecule has 8 heteroatoms. The summed E-state index contributed by atoms with van der Waals surface area (Å²) in [6.07, 6.45) is 1.60. The van der Waals surface area contributed by atoms with Gasteiger partial charge in [0.15, 0.2) is 0 Å². The minimum absolute atomic E-state index is 0.0110. The van der Waals surface area contributed by atoms with Crippen LogP contribution in [-0.4, -0.2) is 28.4 Å². The Labute approximate surface area is 238 Å². The SMILES string of the molecule is CC(C)(C)c1ccc(C(=O)Nc2cccc(NC(=O)c3ccc([C@H]4SCC(=O)N4Cc4ccco4)cc3)c2)cc1. The summed E-state index contributed by atoms with van der Waals surface area (Å²) in [5.74, 6) is 0.706. The van der Waals surface area contributed by atoms with Crippen LogP contribution >= 0.6 is 11.8 Å². The van der Waals surface area contributed by atoms with E-state index in [0.29, 0.717) is 34.8 Å². The average molecular weight is 554 g/mol. The van der Waals surface area contributed by atoms with Gasteiger partial charge in [-0.15, -0.1) is 11.8 Å². The highest BCUT2D eigenvalue weighted by Gasteiger charge is 2.33. The Morgan fingerprint density at radius 2 is 1.48 bits per heavy atom. The van der Waals surface area contributed by atoms with Crippen molar-refractivity contribution in [3.05, 3.63) is 119 Å². The number of furan rings is 1. The van der Waals surface area contributed by atoms with E-state index in [4.69, 9.17) is 4.42 Å². The van der Waals surface area contributed by atoms with E-state index in [1.807, 2.05) is 42.5 Å². The normalized spacial score (nSPS) is 15.2. The van der Waals surface area contributed by atoms with Crippen molar-refractivity contribution in [3.8, 4) is 0 Å². The summed E-state index contributed by atoms with van der Waals surface area (Å²) in [6.45, 7) is 6.79. The number of carbonyl (C=O) groups excluding carboxylic acids is 3. The lowest BCUT2D eigenvalue weighted by Crippen LogP contribution is -2.27. The highest BCUT2D eigenvalue weighted by molar-refractivity contribution is 8.00. The molecule has 1 fully saturated rings. The van der Waals surface area contributed by atoms with Crippen molar-refractivity contribution in [1.29, 1.82) is 0 Å². The molecule has 0 radical (unpaired) electrons. The third-order valence-electron chi connectivity index (χ3n) is 6.72. The van der Waals surface area contributed by atoms with Gasteiger partial charge in [-0.05, 0) is 71.1 Å². The van der Waals surface area contributed by atoms with Crippen molar-refractivity contribution in [2.75, 3.05) is 16.4 Å². The number of nitrogens with one attached hydrogen (secondary N) is 2. The Hall–Kier alpha value is -4.30. The number of anilines is 2. The van der Waals surface area contributed by atoms with Gasteiger partial charge in [0.1, 0.15) is 11.1 Å². The minimum atomic E-state index is -0.268. The molecule has 3 amide bonds. The number of carbonyl (C=O) groups is 3. The Bertz CT molecular complexity index is 1510. The lowest BCUT2D eigenvalue weighted by molar-refractivity contribution is -0.128. The van der Waals surface area contributed by atoms with E-state index < -0.39 is 0 Å². The van der Waals surface area contributed by atoms with Crippen LogP contribution in [0.5, 0.6) is 0 Å². The van der Waals surface area contributed by atoms with E-state index in [0.717, 1.165) is 16.9 Å². The summed E-state index contributed by atoms with van der Waals surface area (Å²) >= 11 is 1.56. The zero-order valence-electron chi connectivity index (χ0n) is 22.6. The first-order valence-electron chi connectivity index (χ1n) is 13.0. The summed E-state index contributed by atoms with van der Waals surface area (Å²) in [5, 5.41) is 5.66. The van der Waals surface area contributed by atoms with Crippen molar-refractivity contribution in [3.63, 3.8) is 0 Å². The summed E-state index contributed by atoms with van der Waals surface area (Å²) in [4.78, 5) is 40.0. The molecule has 4 aromatic rings. The molecule has 1 aromatic heterocycles. The molecule has 0 saturated carbocycles. The molecule has 5 rings (SSSR count). The molecule has 2 N–H and O–H groups in total. The second kappa shape index (κ2) is 11.4. The molecule has 1 saturated heterocycles. The fourth-order valence-corrected chi connectivity index (χ4v) is 5.66. The molecule has 3 aromatic carbocycles. The fourth-order valence-electron chi connectivity index (χ4n) is 4.47. The van der Waals surface area contributed by atoms with Gasteiger partial charge in [0.25, 0.3) is 11.8 Å². The first-order chi connectivity index (χ1) is 19.2. The standard InChI is InChI=1S/C32H31N3O4S/c1-32(2,3)24-15-13-22(14-16-24)30(38)34-26-7-4-6-25(18-26)33-29(37)21-9-11-23(12-10-21)31-35(28(36)20-40-31)19-27-8-5-17-39-27/h4-18,31H,19-20H2,1-3H3,(H,33,37)(H,34,38)/t31-/m1/s1. The van der Waals surface area contributed by atoms with Gasteiger partial charge in [0.2, 0.25) is 5.91 Å². The van der Waals surface area contributed by atoms with Crippen molar-refractivity contribution < 1.29 is 18.8 Å². The molecule has 40 heavy (non-hydrogen) atoms. The molecule has 1 aliphatic heterocycles. The first kappa shape index (κ1) is 27.3. The average Bonchev–Trinajstić information content (AvgIpc) is 3.59. The van der Waals surface area contributed by atoms with Gasteiger partial charge >= 0.3 is 0 Å². The predicted molar refractivity (Wildman–Crippen MR) is 158 cm³/mol. The van der Waals surface area contributed by atoms with Gasteiger partial charge in [-0.1, -0.05) is 51.1 Å². The maximum atomic E-state index is 13.0. The highest BCUT2D eigenvalue weighted by Crippen LogP contribution is 2.39. The van der Waals surface area contributed by atoms with Crippen LogP contribution < -0.4 is 10.6 Å². The minimum Gasteiger partial charge on any atom is -0.467 e. The number of amides is 3. The Morgan fingerprint density at radius 3 is 2.02 bits per heavy atom. The largest absolute Gasteiger partial charge is 0.467 e. The highest BCUT2D eigenvalue weighted by atomic mass is 32.2. The second-order valence-electron chi connectivity index (χ2n) is 10.7. The van der Waals surface area contributed by atoms with Gasteiger partial charge in [-0.25, -0.2) is 0 Å². The van der Waals surface area contributed by atoms with Crippen LogP contribution in [0.25, 0.3) is 0 Å². The monoisotopic (exact) mass is 553 g/mol. The number of hydrogen-bond donors (Lipinski definition) is 2. The smallest absolute Gasteiger partial charge is 0.255 e. The van der Waals surface area contributed by atoms with Gasteiger partial charge < -0.3 is 20.0 Å². The van der Waals surface area contributed by atoms with Gasteiger partial charge in [-0.2, -0.15) is 0 Å². The number of rotatable bonds is 7. The van der Waals surface area contributed by atoms with E-state index in [1.165, 1.54) is 0 Å². The van der Waals surface area contributed by atoms with Gasteiger partial charge in [0.05, 0.1) is 18.6 Å². The van der Waals surface area contributed by atoms with Gasteiger partial charge in [-0.3, -0.25) is 14.4 Å². The Kier molecular flexibility index (Phi) is 7.80. The van der Waals surface area contributed by atoms with Crippen LogP contribution in [0.15, 0.2) is 95.6 Å². The van der Waals surface area contributed by atoms with E-state index >= 15 is 0 Å². The lowest BCUT2D eigenvalue weighted by atomic mass is 9.87. The maximum absolute atomic E-state index is 13.0. The Morgan fingerprint density at radius 1 is 0.875 bits per heavy atom. The van der Waals surface area contributed by atoms with Crippen LogP contribution in [0.3, 0.4) is 0 Å². The molecule has 0 spiro atoms. The number of benzene rings is 3. The third-order valence-corrected chi connectivity index (χ3v) is 7.98. The maximum Gasteiger partial charge on any atom is 0.255 e. The fraction of sp³-hybridized carbons (Fsp3) is 0.219. The van der Waals surface area contributed by atoms with Crippen LogP contribution in [0.4, 0.5) is 11.4 Å². The molecule has 2 heterocycles. The summed E-state index contributed by atoms with van der Waals surface area (Å²) in [5.41, 5.74) is 4.31. The van der Waals surface area contributed by atoms with Crippen molar-refractivity contribution >= 4 is 40.9 Å². The van der Waals surface area contributed by atoms with Crippen molar-refractivity contribution in [2.24, 2.45) is 0 Å². The quantitative estimate of drug-likeness (QED) is 0.261. The molecule has 0 aliphatic carbocycles. The third kappa shape index (κ3) is 6.29. The molecular formula is C32H31N3O4S. The van der Waals surface area contributed by atoms with E-state index in [1.54, 1.807) is 65.4 Å². The number of nitrogens with zero attached hydrogens (tertiary/aromatic N) is 1. The molecule has 1 aliphatic rings. The molecule has 1 atom stereocenters. The summed E-state index contributed by atoms with van der Waals surface area (Å²) in [7, 11) is 0. The second-order valence-corrected chi connectivity index (χ2v) is 11.8. The summed E-state index contributed by atoms with van der Waals surface area (Å²) in [6, 6.07) is 25.6. The zero-order valence-corrected chi connectivity index (χ0v) is 23.5. The first-order valence-corrected chi connectivity index (χ1v) is 14.1. The number of hydrogen-bond acceptors (Lipinski definition) is 5. The van der Waals surface area contributed by atoms with Crippen LogP contribution in [0.2, 0.25) is 0 Å². The topological polar surface area (TPSA) is 91.7 Å². The van der Waals surface area contributed by atoms with Gasteiger partial charge in [0, 0.05) is 22.5 Å². The predicted octanol–water partition coefficient (Wildman–Crippen LogP) is 6.86. The Balaban J connectivity index is 1.21. The molecule has 0 bridgehead atoms. The molecular weight excluding hydrogens is 522 g/mol. The van der Waals surface area contributed by atoms with Crippen LogP contribution in [0.1, 0.15) is 63.7 Å². The van der Waals surface area contributed by atoms with E-state index in [-0.39, 0.29) is 28.5 Å².